The van der Waals surface area contributed by atoms with Crippen LogP contribution in [0.15, 0.2) is 0 Å². The van der Waals surface area contributed by atoms with Crippen LogP contribution in [0.25, 0.3) is 0 Å². The predicted molar refractivity (Wildman–Crippen MR) is 98.2 cm³/mol. The molecule has 0 spiro atoms. The molecule has 5 heteroatoms. The zero-order valence-electron chi connectivity index (χ0n) is 16.6. The van der Waals surface area contributed by atoms with Crippen LogP contribution in [0.4, 0.5) is 0 Å². The van der Waals surface area contributed by atoms with Crippen LogP contribution in [0.2, 0.25) is 0 Å². The summed E-state index contributed by atoms with van der Waals surface area (Å²) in [7, 11) is 1.94. The largest absolute Gasteiger partial charge is 0.347 e. The van der Waals surface area contributed by atoms with Gasteiger partial charge in [-0.15, -0.1) is 0 Å². The number of amides is 2. The lowest BCUT2D eigenvalue weighted by Gasteiger charge is -2.57. The molecule has 4 bridgehead atoms. The molecular formula is C20H36N3O2+. The Kier molecular flexibility index (Phi) is 4.91. The molecule has 142 valence electrons. The lowest BCUT2D eigenvalue weighted by atomic mass is 9.53. The number of likely N-dealkylation sites (N-methyl/N-ethyl adjacent to an activating group) is 1. The van der Waals surface area contributed by atoms with Crippen LogP contribution in [-0.2, 0) is 9.59 Å². The Morgan fingerprint density at radius 1 is 1.08 bits per heavy atom. The number of quaternary nitrogens is 1. The van der Waals surface area contributed by atoms with Gasteiger partial charge in [-0.25, -0.2) is 0 Å². The average Bonchev–Trinajstić information content (AvgIpc) is 2.41. The smallest absolute Gasteiger partial charge is 0.278 e. The highest BCUT2D eigenvalue weighted by molar-refractivity contribution is 5.82. The minimum atomic E-state index is -0.234. The van der Waals surface area contributed by atoms with E-state index in [9.17, 15) is 9.59 Å². The first-order valence-electron chi connectivity index (χ1n) is 10.0. The van der Waals surface area contributed by atoms with Crippen molar-refractivity contribution in [1.29, 1.82) is 0 Å². The molecule has 4 fully saturated rings. The molecule has 4 aliphatic carbocycles. The van der Waals surface area contributed by atoms with Crippen LogP contribution in [-0.4, -0.2) is 42.5 Å². The lowest BCUT2D eigenvalue weighted by molar-refractivity contribution is -0.886. The zero-order valence-corrected chi connectivity index (χ0v) is 16.6. The van der Waals surface area contributed by atoms with Gasteiger partial charge in [0.05, 0.1) is 7.05 Å². The van der Waals surface area contributed by atoms with Crippen LogP contribution >= 0.6 is 0 Å². The number of nitrogens with one attached hydrogen (secondary N) is 3. The first-order valence-corrected chi connectivity index (χ1v) is 10.0. The Balaban J connectivity index is 1.55. The third-order valence-corrected chi connectivity index (χ3v) is 6.51. The summed E-state index contributed by atoms with van der Waals surface area (Å²) in [5.41, 5.74) is -0.184. The van der Waals surface area contributed by atoms with Gasteiger partial charge in [0.1, 0.15) is 0 Å². The van der Waals surface area contributed by atoms with E-state index in [1.807, 2.05) is 34.7 Å². The van der Waals surface area contributed by atoms with Crippen molar-refractivity contribution in [1.82, 2.24) is 10.6 Å². The van der Waals surface area contributed by atoms with E-state index < -0.39 is 0 Å². The summed E-state index contributed by atoms with van der Waals surface area (Å²) in [4.78, 5) is 26.0. The van der Waals surface area contributed by atoms with Crippen molar-refractivity contribution in [3.8, 4) is 0 Å². The molecule has 25 heavy (non-hydrogen) atoms. The van der Waals surface area contributed by atoms with Crippen molar-refractivity contribution in [3.05, 3.63) is 0 Å². The molecule has 0 saturated heterocycles. The van der Waals surface area contributed by atoms with Crippen molar-refractivity contribution in [3.63, 3.8) is 0 Å². The highest BCUT2D eigenvalue weighted by atomic mass is 16.2. The highest BCUT2D eigenvalue weighted by Gasteiger charge is 2.52. The summed E-state index contributed by atoms with van der Waals surface area (Å²) >= 11 is 0. The third kappa shape index (κ3) is 4.36. The molecule has 0 aliphatic heterocycles. The van der Waals surface area contributed by atoms with E-state index in [4.69, 9.17) is 0 Å². The summed E-state index contributed by atoms with van der Waals surface area (Å²) in [5, 5.41) is 6.41. The predicted octanol–water partition coefficient (Wildman–Crippen LogP) is 0.889. The van der Waals surface area contributed by atoms with E-state index >= 15 is 0 Å². The van der Waals surface area contributed by atoms with Crippen LogP contribution < -0.4 is 15.5 Å². The Bertz CT molecular complexity index is 502. The fourth-order valence-corrected chi connectivity index (χ4v) is 5.73. The van der Waals surface area contributed by atoms with Gasteiger partial charge >= 0.3 is 0 Å². The molecule has 0 aromatic heterocycles. The average molecular weight is 351 g/mol. The quantitative estimate of drug-likeness (QED) is 0.690. The number of carbonyl (C=O) groups excluding carboxylic acids is 2. The second-order valence-electron chi connectivity index (χ2n) is 10.2. The summed E-state index contributed by atoms with van der Waals surface area (Å²) in [6, 6.07) is -0.210. The second kappa shape index (κ2) is 6.57. The third-order valence-electron chi connectivity index (χ3n) is 6.51. The maximum Gasteiger partial charge on any atom is 0.278 e. The van der Waals surface area contributed by atoms with Crippen LogP contribution in [0.3, 0.4) is 0 Å². The van der Waals surface area contributed by atoms with Gasteiger partial charge in [-0.1, -0.05) is 0 Å². The van der Waals surface area contributed by atoms with E-state index in [1.165, 1.54) is 38.5 Å². The van der Waals surface area contributed by atoms with Gasteiger partial charge in [-0.05, 0) is 84.0 Å². The maximum absolute atomic E-state index is 12.9. The minimum absolute atomic E-state index is 0.000505. The fraction of sp³-hybridized carbons (Fsp3) is 0.900. The van der Waals surface area contributed by atoms with Gasteiger partial charge in [0, 0.05) is 11.1 Å². The first kappa shape index (κ1) is 18.7. The number of hydrogen-bond acceptors (Lipinski definition) is 2. The Morgan fingerprint density at radius 2 is 1.56 bits per heavy atom. The molecule has 4 saturated carbocycles. The van der Waals surface area contributed by atoms with Gasteiger partial charge in [0.25, 0.3) is 11.8 Å². The van der Waals surface area contributed by atoms with E-state index in [0.717, 1.165) is 22.7 Å². The topological polar surface area (TPSA) is 62.6 Å². The van der Waals surface area contributed by atoms with Crippen molar-refractivity contribution >= 4 is 11.8 Å². The summed E-state index contributed by atoms with van der Waals surface area (Å²) in [6.45, 7) is 8.19. The molecule has 0 aromatic rings. The number of rotatable bonds is 5. The highest BCUT2D eigenvalue weighted by Crippen LogP contribution is 2.55. The van der Waals surface area contributed by atoms with E-state index in [0.29, 0.717) is 6.54 Å². The lowest BCUT2D eigenvalue weighted by Crippen LogP contribution is -3.15. The van der Waals surface area contributed by atoms with Crippen molar-refractivity contribution in [2.75, 3.05) is 13.6 Å². The number of hydrogen-bond donors (Lipinski definition) is 3. The molecule has 3 N–H and O–H groups in total. The molecule has 0 heterocycles. The maximum atomic E-state index is 12.9. The normalized spacial score (nSPS) is 36.0. The molecular weight excluding hydrogens is 314 g/mol. The molecule has 4 rings (SSSR count). The van der Waals surface area contributed by atoms with E-state index in [1.54, 1.807) is 0 Å². The van der Waals surface area contributed by atoms with Crippen molar-refractivity contribution < 1.29 is 14.5 Å². The fourth-order valence-electron chi connectivity index (χ4n) is 5.73. The van der Waals surface area contributed by atoms with Gasteiger partial charge in [-0.2, -0.15) is 0 Å². The Labute approximate surface area is 152 Å². The minimum Gasteiger partial charge on any atom is -0.347 e. The molecule has 4 aliphatic rings. The van der Waals surface area contributed by atoms with Gasteiger partial charge in [-0.3, -0.25) is 9.59 Å². The molecule has 2 atom stereocenters. The van der Waals surface area contributed by atoms with Crippen LogP contribution in [0.5, 0.6) is 0 Å². The SMILES string of the molecule is C[C@@H](C(=O)NC12CC3CC(CC(C3)C1)C2)[NH+](C)CC(=O)NC(C)(C)C. The van der Waals surface area contributed by atoms with Crippen molar-refractivity contribution in [2.45, 2.75) is 83.3 Å². The van der Waals surface area contributed by atoms with Gasteiger partial charge in [0.2, 0.25) is 0 Å². The van der Waals surface area contributed by atoms with E-state index in [2.05, 4.69) is 10.6 Å². The monoisotopic (exact) mass is 350 g/mol. The van der Waals surface area contributed by atoms with Gasteiger partial charge in [0.15, 0.2) is 12.6 Å². The Hall–Kier alpha value is -1.10. The van der Waals surface area contributed by atoms with Crippen molar-refractivity contribution in [2.24, 2.45) is 17.8 Å². The molecule has 0 radical (unpaired) electrons. The van der Waals surface area contributed by atoms with E-state index in [-0.39, 0.29) is 28.9 Å². The zero-order chi connectivity index (χ0) is 18.4. The number of carbonyl (C=O) groups is 2. The standard InChI is InChI=1S/C20H35N3O2/c1-13(23(5)12-17(24)21-19(2,3)4)18(25)22-20-9-14-6-15(10-20)8-16(7-14)11-20/h13-16H,6-12H2,1-5H3,(H,21,24)(H,22,25)/p+1/t13-,14?,15?,16?,20?/m0/s1. The van der Waals surface area contributed by atoms with Crippen LogP contribution in [0, 0.1) is 17.8 Å². The van der Waals surface area contributed by atoms with Crippen LogP contribution in [0.1, 0.15) is 66.2 Å². The molecule has 1 unspecified atom stereocenters. The molecule has 5 nitrogen and oxygen atoms in total. The second-order valence-corrected chi connectivity index (χ2v) is 10.2. The van der Waals surface area contributed by atoms with Gasteiger partial charge < -0.3 is 15.5 Å². The first-order chi connectivity index (χ1) is 11.6. The summed E-state index contributed by atoms with van der Waals surface area (Å²) in [5.74, 6) is 2.58. The Morgan fingerprint density at radius 3 is 2.00 bits per heavy atom. The molecule has 0 aromatic carbocycles. The molecule has 2 amide bonds. The summed E-state index contributed by atoms with van der Waals surface area (Å²) in [6.07, 6.45) is 7.64. The summed E-state index contributed by atoms with van der Waals surface area (Å²) < 4.78 is 0.